The summed E-state index contributed by atoms with van der Waals surface area (Å²) >= 11 is 0. The van der Waals surface area contributed by atoms with Crippen molar-refractivity contribution >= 4 is 22.8 Å². The van der Waals surface area contributed by atoms with Gasteiger partial charge in [-0.2, -0.15) is 0 Å². The molecule has 0 spiro atoms. The summed E-state index contributed by atoms with van der Waals surface area (Å²) in [6, 6.07) is 4.51. The maximum atomic E-state index is 13.7. The number of nitrogens with one attached hydrogen (secondary N) is 1. The molecule has 2 fully saturated rings. The minimum absolute atomic E-state index is 0.0170. The van der Waals surface area contributed by atoms with Crippen LogP contribution in [-0.4, -0.2) is 65.0 Å². The number of fused-ring (bicyclic) bond motifs is 2. The van der Waals surface area contributed by atoms with E-state index in [1.165, 1.54) is 12.1 Å². The number of aryl methyl sites for hydroxylation is 1. The number of aliphatic carboxylic acids is 1. The predicted octanol–water partition coefficient (Wildman–Crippen LogP) is 2.02. The van der Waals surface area contributed by atoms with Gasteiger partial charge in [-0.3, -0.25) is 9.59 Å². The van der Waals surface area contributed by atoms with Crippen LogP contribution < -0.4 is 0 Å². The molecule has 2 saturated heterocycles. The first kappa shape index (κ1) is 18.0. The maximum absolute atomic E-state index is 13.7. The number of carbonyl (C=O) groups is 2. The van der Waals surface area contributed by atoms with Crippen LogP contribution in [-0.2, 0) is 16.0 Å². The van der Waals surface area contributed by atoms with Gasteiger partial charge in [0.25, 0.3) is 0 Å². The number of carboxylic acid groups (broad SMARTS) is 1. The number of aromatic nitrogens is 1. The minimum atomic E-state index is -0.885. The highest BCUT2D eigenvalue weighted by molar-refractivity contribution is 5.90. The van der Waals surface area contributed by atoms with Gasteiger partial charge in [0.05, 0.1) is 6.42 Å². The molecule has 1 aromatic carbocycles. The second kappa shape index (κ2) is 6.34. The third-order valence-electron chi connectivity index (χ3n) is 6.29. The first-order chi connectivity index (χ1) is 12.8. The van der Waals surface area contributed by atoms with Gasteiger partial charge in [-0.15, -0.1) is 0 Å². The Kier molecular flexibility index (Phi) is 4.22. The normalized spacial score (nSPS) is 25.7. The Bertz CT molecular complexity index is 925. The SMILES string of the molecule is Cc1[nH]c2ccc(F)cc2c1CC(=O)N1C[C@@H]2CCN(C)C[C@]2(C(=O)O)C1. The summed E-state index contributed by atoms with van der Waals surface area (Å²) in [5.41, 5.74) is 1.54. The van der Waals surface area contributed by atoms with E-state index in [4.69, 9.17) is 0 Å². The number of benzene rings is 1. The third kappa shape index (κ3) is 2.90. The number of aromatic amines is 1. The second-order valence-electron chi connectivity index (χ2n) is 8.05. The highest BCUT2D eigenvalue weighted by Crippen LogP contribution is 2.42. The molecule has 4 rings (SSSR count). The second-order valence-corrected chi connectivity index (χ2v) is 8.05. The topological polar surface area (TPSA) is 76.6 Å². The molecule has 7 heteroatoms. The van der Waals surface area contributed by atoms with Crippen LogP contribution in [0, 0.1) is 24.1 Å². The number of carboxylic acids is 1. The van der Waals surface area contributed by atoms with Gasteiger partial charge in [-0.25, -0.2) is 4.39 Å². The van der Waals surface area contributed by atoms with Crippen molar-refractivity contribution in [2.75, 3.05) is 33.2 Å². The van der Waals surface area contributed by atoms with E-state index in [1.807, 2.05) is 18.9 Å². The van der Waals surface area contributed by atoms with E-state index in [-0.39, 0.29) is 30.6 Å². The van der Waals surface area contributed by atoms with Crippen molar-refractivity contribution in [3.63, 3.8) is 0 Å². The molecule has 1 amide bonds. The number of carbonyl (C=O) groups excluding carboxylic acids is 1. The van der Waals surface area contributed by atoms with Gasteiger partial charge in [-0.05, 0) is 56.6 Å². The standard InChI is InChI=1S/C20H24FN3O3/c1-12-15(16-7-14(21)3-4-17(16)22-12)8-18(25)24-9-13-5-6-23(2)10-20(13,11-24)19(26)27/h3-4,7,13,22H,5-6,8-11H2,1-2H3,(H,26,27)/t13-,20-/m0/s1. The summed E-state index contributed by atoms with van der Waals surface area (Å²) in [6.07, 6.45) is 0.928. The predicted molar refractivity (Wildman–Crippen MR) is 99.0 cm³/mol. The lowest BCUT2D eigenvalue weighted by atomic mass is 9.73. The number of amides is 1. The van der Waals surface area contributed by atoms with Crippen molar-refractivity contribution in [2.45, 2.75) is 19.8 Å². The van der Waals surface area contributed by atoms with Crippen molar-refractivity contribution in [3.05, 3.63) is 35.3 Å². The molecule has 3 heterocycles. The lowest BCUT2D eigenvalue weighted by molar-refractivity contribution is -0.154. The van der Waals surface area contributed by atoms with E-state index < -0.39 is 11.4 Å². The summed E-state index contributed by atoms with van der Waals surface area (Å²) in [4.78, 5) is 32.0. The van der Waals surface area contributed by atoms with E-state index in [9.17, 15) is 19.1 Å². The molecular weight excluding hydrogens is 349 g/mol. The zero-order valence-corrected chi connectivity index (χ0v) is 15.6. The van der Waals surface area contributed by atoms with Crippen LogP contribution in [0.4, 0.5) is 4.39 Å². The molecule has 6 nitrogen and oxygen atoms in total. The lowest BCUT2D eigenvalue weighted by Crippen LogP contribution is -2.52. The average Bonchev–Trinajstić information content (AvgIpc) is 3.14. The number of halogens is 1. The number of hydrogen-bond acceptors (Lipinski definition) is 3. The molecule has 0 aliphatic carbocycles. The van der Waals surface area contributed by atoms with Crippen LogP contribution in [0.2, 0.25) is 0 Å². The molecule has 144 valence electrons. The van der Waals surface area contributed by atoms with E-state index in [0.29, 0.717) is 18.5 Å². The monoisotopic (exact) mass is 373 g/mol. The summed E-state index contributed by atoms with van der Waals surface area (Å²) in [6.45, 7) is 3.91. The van der Waals surface area contributed by atoms with E-state index in [0.717, 1.165) is 29.7 Å². The number of likely N-dealkylation sites (tertiary alicyclic amines) is 2. The molecule has 0 unspecified atom stereocenters. The highest BCUT2D eigenvalue weighted by Gasteiger charge is 2.55. The fraction of sp³-hybridized carbons (Fsp3) is 0.500. The number of nitrogens with zero attached hydrogens (tertiary/aromatic N) is 2. The van der Waals surface area contributed by atoms with Crippen LogP contribution in [0.3, 0.4) is 0 Å². The fourth-order valence-corrected chi connectivity index (χ4v) is 4.80. The van der Waals surface area contributed by atoms with Crippen LogP contribution in [0.5, 0.6) is 0 Å². The molecule has 2 aliphatic heterocycles. The molecule has 27 heavy (non-hydrogen) atoms. The molecule has 0 saturated carbocycles. The lowest BCUT2D eigenvalue weighted by Gasteiger charge is -2.39. The molecule has 0 radical (unpaired) electrons. The molecule has 2 aliphatic rings. The van der Waals surface area contributed by atoms with Gasteiger partial charge in [0, 0.05) is 36.2 Å². The maximum Gasteiger partial charge on any atom is 0.313 e. The molecule has 2 N–H and O–H groups in total. The van der Waals surface area contributed by atoms with Gasteiger partial charge < -0.3 is 19.9 Å². The summed E-state index contributed by atoms with van der Waals surface area (Å²) in [5, 5.41) is 10.6. The Morgan fingerprint density at radius 3 is 2.89 bits per heavy atom. The van der Waals surface area contributed by atoms with Gasteiger partial charge >= 0.3 is 5.97 Å². The van der Waals surface area contributed by atoms with Crippen LogP contribution in [0.1, 0.15) is 17.7 Å². The zero-order valence-electron chi connectivity index (χ0n) is 15.6. The fourth-order valence-electron chi connectivity index (χ4n) is 4.80. The van der Waals surface area contributed by atoms with E-state index >= 15 is 0 Å². The first-order valence-corrected chi connectivity index (χ1v) is 9.26. The van der Waals surface area contributed by atoms with Gasteiger partial charge in [-0.1, -0.05) is 0 Å². The smallest absolute Gasteiger partial charge is 0.313 e. The van der Waals surface area contributed by atoms with Crippen molar-refractivity contribution in [2.24, 2.45) is 11.3 Å². The summed E-state index contributed by atoms with van der Waals surface area (Å²) in [5.74, 6) is -1.27. The zero-order chi connectivity index (χ0) is 19.3. The first-order valence-electron chi connectivity index (χ1n) is 9.26. The van der Waals surface area contributed by atoms with Crippen LogP contribution in [0.15, 0.2) is 18.2 Å². The molecule has 0 bridgehead atoms. The van der Waals surface area contributed by atoms with E-state index in [2.05, 4.69) is 4.98 Å². The van der Waals surface area contributed by atoms with Crippen LogP contribution >= 0.6 is 0 Å². The quantitative estimate of drug-likeness (QED) is 0.863. The Morgan fingerprint density at radius 2 is 2.15 bits per heavy atom. The van der Waals surface area contributed by atoms with Crippen LogP contribution in [0.25, 0.3) is 10.9 Å². The summed E-state index contributed by atoms with van der Waals surface area (Å²) in [7, 11) is 1.93. The van der Waals surface area contributed by atoms with Gasteiger partial charge in [0.1, 0.15) is 11.2 Å². The summed E-state index contributed by atoms with van der Waals surface area (Å²) < 4.78 is 13.7. The molecule has 2 atom stereocenters. The number of hydrogen-bond donors (Lipinski definition) is 2. The van der Waals surface area contributed by atoms with E-state index in [1.54, 1.807) is 11.0 Å². The Hall–Kier alpha value is -2.41. The highest BCUT2D eigenvalue weighted by atomic mass is 19.1. The van der Waals surface area contributed by atoms with Crippen molar-refractivity contribution in [3.8, 4) is 0 Å². The average molecular weight is 373 g/mol. The van der Waals surface area contributed by atoms with Gasteiger partial charge in [0.2, 0.25) is 5.91 Å². The van der Waals surface area contributed by atoms with Crippen molar-refractivity contribution in [1.29, 1.82) is 0 Å². The Labute approximate surface area is 156 Å². The largest absolute Gasteiger partial charge is 0.481 e. The molecular formula is C20H24FN3O3. The van der Waals surface area contributed by atoms with Crippen molar-refractivity contribution < 1.29 is 19.1 Å². The number of H-pyrrole nitrogens is 1. The van der Waals surface area contributed by atoms with Gasteiger partial charge in [0.15, 0.2) is 0 Å². The third-order valence-corrected chi connectivity index (χ3v) is 6.29. The Balaban J connectivity index is 1.59. The number of rotatable bonds is 3. The molecule has 1 aromatic heterocycles. The number of piperidine rings is 1. The molecule has 2 aromatic rings. The Morgan fingerprint density at radius 1 is 1.37 bits per heavy atom. The minimum Gasteiger partial charge on any atom is -0.481 e. The van der Waals surface area contributed by atoms with Crippen molar-refractivity contribution in [1.82, 2.24) is 14.8 Å².